The van der Waals surface area contributed by atoms with Gasteiger partial charge in [-0.1, -0.05) is 0 Å². The first-order valence-corrected chi connectivity index (χ1v) is 14.8. The van der Waals surface area contributed by atoms with Gasteiger partial charge in [-0.05, 0) is 76.8 Å². The van der Waals surface area contributed by atoms with Crippen molar-refractivity contribution in [3.63, 3.8) is 0 Å². The fourth-order valence-electron chi connectivity index (χ4n) is 6.41. The van der Waals surface area contributed by atoms with Crippen molar-refractivity contribution < 1.29 is 9.53 Å². The van der Waals surface area contributed by atoms with Gasteiger partial charge in [-0.2, -0.15) is 0 Å². The first kappa shape index (κ1) is 27.0. The molecule has 1 saturated heterocycles. The number of likely N-dealkylation sites (tertiary alicyclic amines) is 1. The van der Waals surface area contributed by atoms with Gasteiger partial charge >= 0.3 is 0 Å². The number of methoxy groups -OCH3 is 1. The molecule has 8 nitrogen and oxygen atoms in total. The van der Waals surface area contributed by atoms with E-state index in [0.717, 1.165) is 40.4 Å². The number of ether oxygens (including phenoxy) is 1. The van der Waals surface area contributed by atoms with Gasteiger partial charge in [0, 0.05) is 72.3 Å². The van der Waals surface area contributed by atoms with Gasteiger partial charge in [-0.3, -0.25) is 14.5 Å². The molecule has 0 spiro atoms. The lowest BCUT2D eigenvalue weighted by molar-refractivity contribution is -0.0605. The lowest BCUT2D eigenvalue weighted by Crippen LogP contribution is -2.56. The Morgan fingerprint density at radius 1 is 1.26 bits per heavy atom. The summed E-state index contributed by atoms with van der Waals surface area (Å²) in [5.41, 5.74) is 3.67. The third kappa shape index (κ3) is 5.03. The van der Waals surface area contributed by atoms with Crippen LogP contribution in [0.4, 0.5) is 0 Å². The van der Waals surface area contributed by atoms with Gasteiger partial charge in [-0.15, -0.1) is 11.8 Å². The third-order valence-electron chi connectivity index (χ3n) is 8.67. The van der Waals surface area contributed by atoms with Crippen molar-refractivity contribution in [1.29, 1.82) is 0 Å². The minimum atomic E-state index is -0.173. The summed E-state index contributed by atoms with van der Waals surface area (Å²) in [5.74, 6) is 0.362. The number of nitrogens with zero attached hydrogens (tertiary/aromatic N) is 3. The lowest BCUT2D eigenvalue weighted by Gasteiger charge is -2.46. The van der Waals surface area contributed by atoms with Gasteiger partial charge in [0.1, 0.15) is 5.65 Å². The van der Waals surface area contributed by atoms with E-state index >= 15 is 0 Å². The number of rotatable bonds is 8. The topological polar surface area (TPSA) is 92.2 Å². The minimum Gasteiger partial charge on any atom is -0.379 e. The molecule has 0 bridgehead atoms. The highest BCUT2D eigenvalue weighted by Crippen LogP contribution is 2.39. The largest absolute Gasteiger partial charge is 0.379 e. The molecule has 4 heterocycles. The molecule has 3 aromatic heterocycles. The standard InChI is InChI=1S/C29H39N5O3S/c1-17-13-25(38-5)24(28(35)32-17)14-31-29(36)26-19(3)34(27-23(26)7-6-12-30-27)18(2)20-8-10-21(11-9-20)33-15-22(16-33)37-4/h6-7,12-13,18,20-22H,8-11,14-16H2,1-5H3,(H,31,36)(H,32,35)/t18-,20?,21?/m1/s1. The molecule has 9 heteroatoms. The second kappa shape index (κ2) is 11.2. The van der Waals surface area contributed by atoms with Crippen molar-refractivity contribution in [2.45, 2.75) is 76.1 Å². The molecule has 1 saturated carbocycles. The zero-order chi connectivity index (χ0) is 27.0. The number of nitrogens with one attached hydrogen (secondary N) is 2. The smallest absolute Gasteiger partial charge is 0.254 e. The lowest BCUT2D eigenvalue weighted by atomic mass is 9.80. The monoisotopic (exact) mass is 537 g/mol. The summed E-state index contributed by atoms with van der Waals surface area (Å²) in [6.07, 6.45) is 8.88. The van der Waals surface area contributed by atoms with E-state index in [1.807, 2.05) is 38.3 Å². The average molecular weight is 538 g/mol. The molecule has 0 unspecified atom stereocenters. The fraction of sp³-hybridized carbons (Fsp3) is 0.552. The number of hydrogen-bond acceptors (Lipinski definition) is 6. The Hall–Kier alpha value is -2.62. The Balaban J connectivity index is 1.35. The number of fused-ring (bicyclic) bond motifs is 1. The van der Waals surface area contributed by atoms with E-state index in [4.69, 9.17) is 9.72 Å². The molecule has 1 atom stereocenters. The molecule has 204 valence electrons. The number of carbonyl (C=O) groups excluding carboxylic acids is 1. The second-order valence-electron chi connectivity index (χ2n) is 10.8. The first-order chi connectivity index (χ1) is 18.3. The van der Waals surface area contributed by atoms with Crippen molar-refractivity contribution in [2.24, 2.45) is 5.92 Å². The first-order valence-electron chi connectivity index (χ1n) is 13.6. The van der Waals surface area contributed by atoms with Crippen molar-refractivity contribution >= 4 is 28.7 Å². The van der Waals surface area contributed by atoms with Crippen LogP contribution in [0.3, 0.4) is 0 Å². The number of amides is 1. The number of H-pyrrole nitrogens is 1. The molecule has 1 amide bonds. The predicted molar refractivity (Wildman–Crippen MR) is 152 cm³/mol. The Bertz CT molecular complexity index is 1370. The summed E-state index contributed by atoms with van der Waals surface area (Å²) in [7, 11) is 1.80. The van der Waals surface area contributed by atoms with Gasteiger partial charge in [0.25, 0.3) is 11.5 Å². The fourth-order valence-corrected chi connectivity index (χ4v) is 7.12. The van der Waals surface area contributed by atoms with E-state index in [0.29, 0.717) is 29.2 Å². The zero-order valence-electron chi connectivity index (χ0n) is 23.0. The summed E-state index contributed by atoms with van der Waals surface area (Å²) in [5, 5.41) is 3.88. The van der Waals surface area contributed by atoms with Crippen molar-refractivity contribution in [3.05, 3.63) is 57.3 Å². The molecule has 2 aliphatic rings. The summed E-state index contributed by atoms with van der Waals surface area (Å²) in [6, 6.07) is 6.70. The molecular formula is C29H39N5O3S. The molecule has 2 N–H and O–H groups in total. The molecule has 0 radical (unpaired) electrons. The van der Waals surface area contributed by atoms with E-state index in [1.54, 1.807) is 13.3 Å². The molecule has 2 fully saturated rings. The number of aromatic amines is 1. The highest BCUT2D eigenvalue weighted by molar-refractivity contribution is 7.98. The van der Waals surface area contributed by atoms with Crippen LogP contribution in [0, 0.1) is 19.8 Å². The summed E-state index contributed by atoms with van der Waals surface area (Å²) < 4.78 is 7.73. The van der Waals surface area contributed by atoms with E-state index in [1.165, 1.54) is 37.4 Å². The Morgan fingerprint density at radius 3 is 2.68 bits per heavy atom. The number of pyridine rings is 2. The van der Waals surface area contributed by atoms with Crippen LogP contribution in [0.25, 0.3) is 11.0 Å². The number of carbonyl (C=O) groups is 1. The minimum absolute atomic E-state index is 0.157. The Labute approximate surface area is 228 Å². The van der Waals surface area contributed by atoms with E-state index < -0.39 is 0 Å². The van der Waals surface area contributed by atoms with Crippen LogP contribution >= 0.6 is 11.8 Å². The van der Waals surface area contributed by atoms with Gasteiger partial charge < -0.3 is 19.6 Å². The average Bonchev–Trinajstić information content (AvgIpc) is 3.18. The van der Waals surface area contributed by atoms with Gasteiger partial charge in [0.15, 0.2) is 0 Å². The van der Waals surface area contributed by atoms with Crippen molar-refractivity contribution in [1.82, 2.24) is 24.8 Å². The van der Waals surface area contributed by atoms with E-state index in [9.17, 15) is 9.59 Å². The summed E-state index contributed by atoms with van der Waals surface area (Å²) >= 11 is 1.51. The van der Waals surface area contributed by atoms with Gasteiger partial charge in [0.05, 0.1) is 11.7 Å². The summed E-state index contributed by atoms with van der Waals surface area (Å²) in [4.78, 5) is 37.2. The van der Waals surface area contributed by atoms with E-state index in [-0.39, 0.29) is 24.1 Å². The van der Waals surface area contributed by atoms with Crippen molar-refractivity contribution in [2.75, 3.05) is 26.5 Å². The highest BCUT2D eigenvalue weighted by atomic mass is 32.2. The number of thioether (sulfide) groups is 1. The SMILES string of the molecule is COC1CN(C2CCC([C@@H](C)n3c(C)c(C(=O)NCc4c(SC)cc(C)[nH]c4=O)c4cccnc43)CC2)C1. The molecule has 38 heavy (non-hydrogen) atoms. The maximum Gasteiger partial charge on any atom is 0.254 e. The van der Waals surface area contributed by atoms with Crippen LogP contribution < -0.4 is 10.9 Å². The van der Waals surface area contributed by atoms with E-state index in [2.05, 4.69) is 26.7 Å². The normalized spacial score (nSPS) is 21.4. The maximum absolute atomic E-state index is 13.6. The summed E-state index contributed by atoms with van der Waals surface area (Å²) in [6.45, 7) is 8.45. The maximum atomic E-state index is 13.6. The zero-order valence-corrected chi connectivity index (χ0v) is 23.9. The number of aromatic nitrogens is 3. The second-order valence-corrected chi connectivity index (χ2v) is 11.7. The molecular weight excluding hydrogens is 498 g/mol. The number of hydrogen-bond donors (Lipinski definition) is 2. The van der Waals surface area contributed by atoms with Gasteiger partial charge in [0.2, 0.25) is 0 Å². The number of aryl methyl sites for hydroxylation is 1. The van der Waals surface area contributed by atoms with Gasteiger partial charge in [-0.25, -0.2) is 4.98 Å². The van der Waals surface area contributed by atoms with Crippen LogP contribution in [-0.4, -0.2) is 63.9 Å². The van der Waals surface area contributed by atoms with Crippen LogP contribution in [0.1, 0.15) is 66.0 Å². The van der Waals surface area contributed by atoms with Crippen LogP contribution in [0.15, 0.2) is 34.1 Å². The van der Waals surface area contributed by atoms with Crippen LogP contribution in [-0.2, 0) is 11.3 Å². The Kier molecular flexibility index (Phi) is 7.98. The Morgan fingerprint density at radius 2 is 2.00 bits per heavy atom. The molecule has 1 aliphatic heterocycles. The molecule has 5 rings (SSSR count). The quantitative estimate of drug-likeness (QED) is 0.413. The molecule has 3 aromatic rings. The van der Waals surface area contributed by atoms with Crippen molar-refractivity contribution in [3.8, 4) is 0 Å². The highest BCUT2D eigenvalue weighted by Gasteiger charge is 2.36. The molecule has 1 aliphatic carbocycles. The third-order valence-corrected chi connectivity index (χ3v) is 9.47. The molecule has 0 aromatic carbocycles. The van der Waals surface area contributed by atoms with Crippen LogP contribution in [0.2, 0.25) is 0 Å². The predicted octanol–water partition coefficient (Wildman–Crippen LogP) is 4.44. The van der Waals surface area contributed by atoms with Crippen LogP contribution in [0.5, 0.6) is 0 Å².